The number of hydrogen-bond donors (Lipinski definition) is 1. The van der Waals surface area contributed by atoms with Crippen LogP contribution in [0.15, 0.2) is 0 Å². The highest BCUT2D eigenvalue weighted by molar-refractivity contribution is 6.04. The Morgan fingerprint density at radius 3 is 2.44 bits per heavy atom. The van der Waals surface area contributed by atoms with Crippen molar-refractivity contribution >= 4 is 17.8 Å². The molecule has 0 radical (unpaired) electrons. The number of likely N-dealkylation sites (N-methyl/N-ethyl adjacent to an activating group) is 1. The first-order chi connectivity index (χ1) is 8.38. The molecule has 0 saturated carbocycles. The van der Waals surface area contributed by atoms with Crippen molar-refractivity contribution in [2.45, 2.75) is 19.9 Å². The first kappa shape index (κ1) is 14.4. The summed E-state index contributed by atoms with van der Waals surface area (Å²) in [5.41, 5.74) is 0. The second-order valence-electron chi connectivity index (χ2n) is 4.52. The van der Waals surface area contributed by atoms with Gasteiger partial charge < -0.3 is 14.9 Å². The molecule has 1 N–H and O–H groups in total. The van der Waals surface area contributed by atoms with Crippen molar-refractivity contribution in [2.75, 3.05) is 33.3 Å². The summed E-state index contributed by atoms with van der Waals surface area (Å²) in [5.74, 6) is -0.709. The molecule has 1 rings (SSSR count). The Hall–Kier alpha value is -1.63. The molecule has 7 nitrogen and oxygen atoms in total. The fourth-order valence-corrected chi connectivity index (χ4v) is 1.83. The van der Waals surface area contributed by atoms with Gasteiger partial charge in [-0.2, -0.15) is 0 Å². The van der Waals surface area contributed by atoms with Gasteiger partial charge in [-0.25, -0.2) is 4.79 Å². The van der Waals surface area contributed by atoms with Crippen LogP contribution in [0.1, 0.15) is 13.8 Å². The normalized spacial score (nSPS) is 15.8. The molecule has 0 atom stereocenters. The predicted molar refractivity (Wildman–Crippen MR) is 63.7 cm³/mol. The molecule has 0 spiro atoms. The first-order valence-corrected chi connectivity index (χ1v) is 5.84. The monoisotopic (exact) mass is 257 g/mol. The van der Waals surface area contributed by atoms with E-state index in [1.54, 1.807) is 0 Å². The Morgan fingerprint density at radius 1 is 1.44 bits per heavy atom. The highest BCUT2D eigenvalue weighted by Crippen LogP contribution is 2.09. The smallest absolute Gasteiger partial charge is 0.327 e. The minimum Gasteiger partial charge on any atom is -0.395 e. The maximum atomic E-state index is 12.0. The molecule has 1 aliphatic rings. The molecule has 7 heteroatoms. The lowest BCUT2D eigenvalue weighted by atomic mass is 10.3. The third-order valence-corrected chi connectivity index (χ3v) is 2.81. The summed E-state index contributed by atoms with van der Waals surface area (Å²) in [6.07, 6.45) is 0. The topological polar surface area (TPSA) is 81.2 Å². The second kappa shape index (κ2) is 5.81. The van der Waals surface area contributed by atoms with Crippen LogP contribution in [0.4, 0.5) is 4.79 Å². The number of aliphatic hydroxyl groups excluding tert-OH is 1. The number of hydrogen-bond acceptors (Lipinski definition) is 4. The van der Waals surface area contributed by atoms with Crippen LogP contribution in [0.3, 0.4) is 0 Å². The van der Waals surface area contributed by atoms with Gasteiger partial charge in [0.2, 0.25) is 5.91 Å². The third kappa shape index (κ3) is 2.98. The van der Waals surface area contributed by atoms with Crippen molar-refractivity contribution in [1.29, 1.82) is 0 Å². The molecule has 1 fully saturated rings. The summed E-state index contributed by atoms with van der Waals surface area (Å²) < 4.78 is 0. The fourth-order valence-electron chi connectivity index (χ4n) is 1.83. The summed E-state index contributed by atoms with van der Waals surface area (Å²) in [7, 11) is 1.51. The van der Waals surface area contributed by atoms with E-state index < -0.39 is 6.03 Å². The van der Waals surface area contributed by atoms with Gasteiger partial charge in [-0.15, -0.1) is 0 Å². The number of aliphatic hydroxyl groups is 1. The minimum atomic E-state index is -0.457. The van der Waals surface area contributed by atoms with Gasteiger partial charge in [0.15, 0.2) is 0 Å². The number of carbonyl (C=O) groups is 3. The van der Waals surface area contributed by atoms with Crippen molar-refractivity contribution in [3.63, 3.8) is 0 Å². The maximum absolute atomic E-state index is 12.0. The average Bonchev–Trinajstić information content (AvgIpc) is 2.52. The van der Waals surface area contributed by atoms with Crippen LogP contribution in [-0.2, 0) is 9.59 Å². The lowest BCUT2D eigenvalue weighted by Crippen LogP contribution is -2.46. The van der Waals surface area contributed by atoms with Gasteiger partial charge in [0.1, 0.15) is 13.1 Å². The van der Waals surface area contributed by atoms with E-state index in [1.807, 2.05) is 13.8 Å². The molecular formula is C11H19N3O4. The molecule has 0 aliphatic carbocycles. The van der Waals surface area contributed by atoms with E-state index in [4.69, 9.17) is 5.11 Å². The Bertz CT molecular complexity index is 356. The summed E-state index contributed by atoms with van der Waals surface area (Å²) in [6.45, 7) is 3.42. The molecule has 0 bridgehead atoms. The van der Waals surface area contributed by atoms with E-state index in [0.717, 1.165) is 4.90 Å². The Kier molecular flexibility index (Phi) is 4.66. The molecule has 18 heavy (non-hydrogen) atoms. The zero-order chi connectivity index (χ0) is 13.9. The number of urea groups is 1. The fraction of sp³-hybridized carbons (Fsp3) is 0.727. The molecule has 0 aromatic rings. The van der Waals surface area contributed by atoms with Crippen LogP contribution in [0.25, 0.3) is 0 Å². The van der Waals surface area contributed by atoms with Crippen molar-refractivity contribution in [3.8, 4) is 0 Å². The van der Waals surface area contributed by atoms with Gasteiger partial charge in [0.25, 0.3) is 5.91 Å². The lowest BCUT2D eigenvalue weighted by molar-refractivity contribution is -0.138. The molecule has 0 aromatic carbocycles. The molecule has 102 valence electrons. The van der Waals surface area contributed by atoms with Gasteiger partial charge in [-0.3, -0.25) is 14.5 Å². The molecule has 0 aromatic heterocycles. The molecule has 1 saturated heterocycles. The largest absolute Gasteiger partial charge is 0.395 e. The van der Waals surface area contributed by atoms with Crippen LogP contribution in [-0.4, -0.2) is 77.0 Å². The number of imide groups is 1. The van der Waals surface area contributed by atoms with Crippen molar-refractivity contribution in [1.82, 2.24) is 14.7 Å². The zero-order valence-electron chi connectivity index (χ0n) is 10.9. The Balaban J connectivity index is 2.68. The summed E-state index contributed by atoms with van der Waals surface area (Å²) >= 11 is 0. The average molecular weight is 257 g/mol. The molecular weight excluding hydrogens is 238 g/mol. The molecule has 4 amide bonds. The van der Waals surface area contributed by atoms with E-state index in [2.05, 4.69) is 0 Å². The van der Waals surface area contributed by atoms with Gasteiger partial charge in [-0.1, -0.05) is 0 Å². The number of carbonyl (C=O) groups excluding carboxylic acids is 3. The molecule has 1 aliphatic heterocycles. The SMILES string of the molecule is CC(C)N(CCO)C(=O)CN1C(=O)CN(C)C1=O. The first-order valence-electron chi connectivity index (χ1n) is 5.84. The summed E-state index contributed by atoms with van der Waals surface area (Å²) in [4.78, 5) is 38.8. The highest BCUT2D eigenvalue weighted by atomic mass is 16.3. The van der Waals surface area contributed by atoms with E-state index >= 15 is 0 Å². The number of amides is 4. The highest BCUT2D eigenvalue weighted by Gasteiger charge is 2.35. The maximum Gasteiger partial charge on any atom is 0.327 e. The lowest BCUT2D eigenvalue weighted by Gasteiger charge is -2.27. The van der Waals surface area contributed by atoms with Gasteiger partial charge >= 0.3 is 6.03 Å². The predicted octanol–water partition coefficient (Wildman–Crippen LogP) is -0.890. The van der Waals surface area contributed by atoms with E-state index in [9.17, 15) is 14.4 Å². The molecule has 1 heterocycles. The van der Waals surface area contributed by atoms with Crippen LogP contribution < -0.4 is 0 Å². The van der Waals surface area contributed by atoms with Crippen molar-refractivity contribution in [3.05, 3.63) is 0 Å². The van der Waals surface area contributed by atoms with Gasteiger partial charge in [-0.05, 0) is 13.8 Å². The molecule has 0 unspecified atom stereocenters. The standard InChI is InChI=1S/C11H19N3O4/c1-8(2)13(4-5-15)10(17)7-14-9(16)6-12(3)11(14)18/h8,15H,4-7H2,1-3H3. The summed E-state index contributed by atoms with van der Waals surface area (Å²) in [6, 6.07) is -0.545. The van der Waals surface area contributed by atoms with Crippen LogP contribution >= 0.6 is 0 Å². The van der Waals surface area contributed by atoms with E-state index in [-0.39, 0.29) is 44.1 Å². The quantitative estimate of drug-likeness (QED) is 0.648. The van der Waals surface area contributed by atoms with Gasteiger partial charge in [0, 0.05) is 19.6 Å². The van der Waals surface area contributed by atoms with Crippen LogP contribution in [0, 0.1) is 0 Å². The number of rotatable bonds is 5. The Labute approximate surface area is 106 Å². The minimum absolute atomic E-state index is 0.00773. The van der Waals surface area contributed by atoms with Crippen molar-refractivity contribution in [2.24, 2.45) is 0 Å². The van der Waals surface area contributed by atoms with Crippen LogP contribution in [0.5, 0.6) is 0 Å². The zero-order valence-corrected chi connectivity index (χ0v) is 10.9. The van der Waals surface area contributed by atoms with E-state index in [0.29, 0.717) is 0 Å². The third-order valence-electron chi connectivity index (χ3n) is 2.81. The van der Waals surface area contributed by atoms with Crippen LogP contribution in [0.2, 0.25) is 0 Å². The Morgan fingerprint density at radius 2 is 2.06 bits per heavy atom. The van der Waals surface area contributed by atoms with Crippen molar-refractivity contribution < 1.29 is 19.5 Å². The van der Waals surface area contributed by atoms with Gasteiger partial charge in [0.05, 0.1) is 6.61 Å². The number of nitrogens with zero attached hydrogens (tertiary/aromatic N) is 3. The second-order valence-corrected chi connectivity index (χ2v) is 4.52. The summed E-state index contributed by atoms with van der Waals surface area (Å²) in [5, 5.41) is 8.89. The van der Waals surface area contributed by atoms with E-state index in [1.165, 1.54) is 16.8 Å².